The normalized spacial score (nSPS) is 17.8. The van der Waals surface area contributed by atoms with E-state index in [1.165, 1.54) is 7.11 Å². The summed E-state index contributed by atoms with van der Waals surface area (Å²) in [6.07, 6.45) is -1.12. The van der Waals surface area contributed by atoms with Gasteiger partial charge in [0.05, 0.1) is 32.0 Å². The van der Waals surface area contributed by atoms with Gasteiger partial charge in [-0.3, -0.25) is 0 Å². The number of hydrogen-bond acceptors (Lipinski definition) is 9. The molecule has 0 radical (unpaired) electrons. The van der Waals surface area contributed by atoms with Crippen molar-refractivity contribution < 1.29 is 39.1 Å². The topological polar surface area (TPSA) is 150 Å². The number of methoxy groups -OCH3 is 1. The first-order valence-corrected chi connectivity index (χ1v) is 18.7. The molecular formula is C45H49N3O8. The van der Waals surface area contributed by atoms with Crippen molar-refractivity contribution in [3.05, 3.63) is 161 Å². The molecule has 292 valence electrons. The highest BCUT2D eigenvalue weighted by atomic mass is 16.7. The number of carbonyl (C=O) groups is 2. The van der Waals surface area contributed by atoms with Crippen molar-refractivity contribution >= 4 is 12.0 Å². The quantitative estimate of drug-likeness (QED) is 0.0771. The third-order valence-electron chi connectivity index (χ3n) is 9.82. The van der Waals surface area contributed by atoms with Crippen LogP contribution in [0.15, 0.2) is 127 Å². The Hall–Kier alpha value is -5.56. The van der Waals surface area contributed by atoms with Crippen LogP contribution in [0.4, 0.5) is 4.79 Å². The Morgan fingerprint density at radius 1 is 0.821 bits per heavy atom. The maximum atomic E-state index is 12.9. The van der Waals surface area contributed by atoms with E-state index in [2.05, 4.69) is 10.6 Å². The van der Waals surface area contributed by atoms with Gasteiger partial charge in [-0.05, 0) is 70.3 Å². The lowest BCUT2D eigenvalue weighted by Crippen LogP contribution is -2.47. The molecule has 2 amide bonds. The standard InChI is InChI=1S/C45H49N3O8/c1-48(28-41(51)36-14-8-16-38(50)24-36)27-39-25-42(33-19-17-31(29-49)18-20-33)56-44(55-39)37-15-7-13-35(23-37)34-12-6-11-32(21-34)26-46-45(53)47-40(43(52)54-2)22-30-9-4-3-5-10-30/h3-21,23-24,39-42,44,49-51H,22,25-29H2,1-2H3,(H2,46,47,53). The van der Waals surface area contributed by atoms with Gasteiger partial charge in [0.2, 0.25) is 0 Å². The fraction of sp³-hybridized carbons (Fsp3) is 0.289. The van der Waals surface area contributed by atoms with Crippen LogP contribution in [-0.4, -0.2) is 71.6 Å². The van der Waals surface area contributed by atoms with Crippen LogP contribution < -0.4 is 10.6 Å². The molecule has 6 rings (SSSR count). The SMILES string of the molecule is COC(=O)C(Cc1ccccc1)NC(=O)NCc1cccc(-c2cccc(C3OC(CN(C)CC(O)c4cccc(O)c4)CC(c4ccc(CO)cc4)O3)c2)c1. The van der Waals surface area contributed by atoms with Crippen LogP contribution in [0.1, 0.15) is 58.3 Å². The van der Waals surface area contributed by atoms with E-state index in [1.54, 1.807) is 24.3 Å². The number of urea groups is 1. The summed E-state index contributed by atoms with van der Waals surface area (Å²) in [6.45, 7) is 1.05. The minimum Gasteiger partial charge on any atom is -0.508 e. The number of nitrogens with one attached hydrogen (secondary N) is 2. The summed E-state index contributed by atoms with van der Waals surface area (Å²) in [5, 5.41) is 36.0. The minimum atomic E-state index is -0.837. The van der Waals surface area contributed by atoms with E-state index in [0.717, 1.165) is 38.9 Å². The fourth-order valence-corrected chi connectivity index (χ4v) is 6.89. The Balaban J connectivity index is 1.14. The summed E-state index contributed by atoms with van der Waals surface area (Å²) in [5.74, 6) is -0.418. The van der Waals surface area contributed by atoms with Crippen LogP contribution in [0, 0.1) is 0 Å². The van der Waals surface area contributed by atoms with E-state index in [4.69, 9.17) is 14.2 Å². The number of rotatable bonds is 15. The zero-order valence-corrected chi connectivity index (χ0v) is 31.6. The Morgan fingerprint density at radius 3 is 2.27 bits per heavy atom. The number of phenolic OH excluding ortho intramolecular Hbond substituents is 1. The number of aliphatic hydroxyl groups is 2. The molecule has 0 aromatic heterocycles. The van der Waals surface area contributed by atoms with Gasteiger partial charge in [-0.1, -0.05) is 103 Å². The third-order valence-corrected chi connectivity index (χ3v) is 9.82. The number of phenols is 1. The number of esters is 1. The van der Waals surface area contributed by atoms with Crippen LogP contribution in [0.5, 0.6) is 5.75 Å². The van der Waals surface area contributed by atoms with Gasteiger partial charge in [-0.25, -0.2) is 9.59 Å². The maximum absolute atomic E-state index is 12.9. The number of aliphatic hydroxyl groups excluding tert-OH is 2. The van der Waals surface area contributed by atoms with Crippen LogP contribution in [0.2, 0.25) is 0 Å². The molecular weight excluding hydrogens is 711 g/mol. The van der Waals surface area contributed by atoms with E-state index < -0.39 is 30.4 Å². The number of hydrogen-bond donors (Lipinski definition) is 5. The molecule has 1 aliphatic rings. The largest absolute Gasteiger partial charge is 0.508 e. The number of ether oxygens (including phenoxy) is 3. The van der Waals surface area contributed by atoms with Gasteiger partial charge in [0.25, 0.3) is 0 Å². The molecule has 5 N–H and O–H groups in total. The zero-order valence-electron chi connectivity index (χ0n) is 31.6. The molecule has 5 atom stereocenters. The summed E-state index contributed by atoms with van der Waals surface area (Å²) in [4.78, 5) is 27.4. The van der Waals surface area contributed by atoms with Gasteiger partial charge in [0.1, 0.15) is 11.8 Å². The molecule has 1 heterocycles. The zero-order chi connectivity index (χ0) is 39.4. The van der Waals surface area contributed by atoms with E-state index >= 15 is 0 Å². The lowest BCUT2D eigenvalue weighted by molar-refractivity contribution is -0.252. The average Bonchev–Trinajstić information content (AvgIpc) is 3.22. The highest BCUT2D eigenvalue weighted by molar-refractivity contribution is 5.83. The Kier molecular flexibility index (Phi) is 13.9. The Bertz CT molecular complexity index is 2040. The summed E-state index contributed by atoms with van der Waals surface area (Å²) < 4.78 is 18.2. The number of nitrogens with zero attached hydrogens (tertiary/aromatic N) is 1. The molecule has 0 aliphatic carbocycles. The van der Waals surface area contributed by atoms with Crippen molar-refractivity contribution in [1.82, 2.24) is 15.5 Å². The molecule has 5 aromatic carbocycles. The van der Waals surface area contributed by atoms with Gasteiger partial charge in [0.15, 0.2) is 6.29 Å². The van der Waals surface area contributed by atoms with Crippen LogP contribution in [-0.2, 0) is 38.6 Å². The second-order valence-electron chi connectivity index (χ2n) is 14.1. The fourth-order valence-electron chi connectivity index (χ4n) is 6.89. The molecule has 0 spiro atoms. The second-order valence-corrected chi connectivity index (χ2v) is 14.1. The Morgan fingerprint density at radius 2 is 1.54 bits per heavy atom. The molecule has 11 nitrogen and oxygen atoms in total. The first-order chi connectivity index (χ1) is 27.2. The van der Waals surface area contributed by atoms with Crippen LogP contribution >= 0.6 is 0 Å². The number of benzene rings is 5. The van der Waals surface area contributed by atoms with Gasteiger partial charge < -0.3 is 45.1 Å². The van der Waals surface area contributed by atoms with Gasteiger partial charge in [-0.2, -0.15) is 0 Å². The van der Waals surface area contributed by atoms with Crippen molar-refractivity contribution in [3.63, 3.8) is 0 Å². The lowest BCUT2D eigenvalue weighted by Gasteiger charge is -2.38. The monoisotopic (exact) mass is 759 g/mol. The highest BCUT2D eigenvalue weighted by Gasteiger charge is 2.33. The Labute approximate surface area is 327 Å². The van der Waals surface area contributed by atoms with Crippen molar-refractivity contribution in [1.29, 1.82) is 0 Å². The molecule has 5 aromatic rings. The number of aromatic hydroxyl groups is 1. The van der Waals surface area contributed by atoms with E-state index in [-0.39, 0.29) is 31.1 Å². The molecule has 0 bridgehead atoms. The molecule has 5 unspecified atom stereocenters. The number of likely N-dealkylation sites (N-methyl/N-ethyl adjacent to an activating group) is 1. The maximum Gasteiger partial charge on any atom is 0.328 e. The predicted octanol–water partition coefficient (Wildman–Crippen LogP) is 6.35. The first kappa shape index (κ1) is 40.1. The van der Waals surface area contributed by atoms with E-state index in [9.17, 15) is 24.9 Å². The molecule has 56 heavy (non-hydrogen) atoms. The number of amides is 2. The van der Waals surface area contributed by atoms with Crippen molar-refractivity contribution in [2.24, 2.45) is 0 Å². The first-order valence-electron chi connectivity index (χ1n) is 18.7. The third kappa shape index (κ3) is 11.0. The smallest absolute Gasteiger partial charge is 0.328 e. The van der Waals surface area contributed by atoms with Crippen molar-refractivity contribution in [3.8, 4) is 16.9 Å². The summed E-state index contributed by atoms with van der Waals surface area (Å²) in [7, 11) is 3.23. The molecule has 1 aliphatic heterocycles. The van der Waals surface area contributed by atoms with E-state index in [0.29, 0.717) is 31.5 Å². The number of carbonyl (C=O) groups excluding carboxylic acids is 2. The second kappa shape index (κ2) is 19.3. The predicted molar refractivity (Wildman–Crippen MR) is 212 cm³/mol. The van der Waals surface area contributed by atoms with Gasteiger partial charge >= 0.3 is 12.0 Å². The molecule has 1 fully saturated rings. The summed E-state index contributed by atoms with van der Waals surface area (Å²) >= 11 is 0. The van der Waals surface area contributed by atoms with Crippen LogP contribution in [0.25, 0.3) is 11.1 Å². The van der Waals surface area contributed by atoms with Crippen LogP contribution in [0.3, 0.4) is 0 Å². The van der Waals surface area contributed by atoms with Crippen molar-refractivity contribution in [2.45, 2.75) is 56.6 Å². The van der Waals surface area contributed by atoms with Gasteiger partial charge in [0, 0.05) is 38.0 Å². The molecule has 0 saturated carbocycles. The molecule has 11 heteroatoms. The minimum absolute atomic E-state index is 0.0473. The summed E-state index contributed by atoms with van der Waals surface area (Å²) in [6, 6.07) is 38.3. The molecule has 1 saturated heterocycles. The summed E-state index contributed by atoms with van der Waals surface area (Å²) in [5.41, 5.74) is 6.90. The highest BCUT2D eigenvalue weighted by Crippen LogP contribution is 2.39. The average molecular weight is 760 g/mol. The van der Waals surface area contributed by atoms with Gasteiger partial charge in [-0.15, -0.1) is 0 Å². The van der Waals surface area contributed by atoms with Crippen molar-refractivity contribution in [2.75, 3.05) is 27.2 Å². The lowest BCUT2D eigenvalue weighted by atomic mass is 9.98. The van der Waals surface area contributed by atoms with E-state index in [1.807, 2.05) is 115 Å².